The number of para-hydroxylation sites is 1. The van der Waals surface area contributed by atoms with E-state index < -0.39 is 16.0 Å². The summed E-state index contributed by atoms with van der Waals surface area (Å²) in [5.41, 5.74) is 3.31. The number of hydrogen-bond acceptors (Lipinski definition) is 3. The second-order valence-corrected chi connectivity index (χ2v) is 7.42. The van der Waals surface area contributed by atoms with Crippen molar-refractivity contribution in [3.63, 3.8) is 0 Å². The van der Waals surface area contributed by atoms with Crippen LogP contribution in [0.4, 0.5) is 5.69 Å². The number of anilines is 1. The molecule has 23 heavy (non-hydrogen) atoms. The van der Waals surface area contributed by atoms with E-state index in [-0.39, 0.29) is 12.1 Å². The lowest BCUT2D eigenvalue weighted by Gasteiger charge is -2.26. The van der Waals surface area contributed by atoms with Crippen LogP contribution < -0.4 is 4.31 Å². The summed E-state index contributed by atoms with van der Waals surface area (Å²) in [6.07, 6.45) is 1.17. The molecular weight excluding hydrogens is 314 g/mol. The van der Waals surface area contributed by atoms with Crippen LogP contribution in [0.2, 0.25) is 0 Å². The Kier molecular flexibility index (Phi) is 4.75. The summed E-state index contributed by atoms with van der Waals surface area (Å²) in [7, 11) is -3.47. The van der Waals surface area contributed by atoms with E-state index in [2.05, 4.69) is 0 Å². The number of hydrogen-bond donors (Lipinski definition) is 1. The maximum absolute atomic E-state index is 12.2. The molecule has 0 aliphatic carbocycles. The van der Waals surface area contributed by atoms with E-state index in [1.807, 2.05) is 32.0 Å². The molecule has 0 unspecified atom stereocenters. The molecule has 0 bridgehead atoms. The van der Waals surface area contributed by atoms with Gasteiger partial charge in [0.1, 0.15) is 0 Å². The van der Waals surface area contributed by atoms with Gasteiger partial charge in [0, 0.05) is 0 Å². The largest absolute Gasteiger partial charge is 0.478 e. The number of carbonyl (C=O) groups is 1. The summed E-state index contributed by atoms with van der Waals surface area (Å²) in [5, 5.41) is 8.93. The Morgan fingerprint density at radius 3 is 2.00 bits per heavy atom. The SMILES string of the molecule is Cc1cccc(C)c1N(Cc1ccc(C(=O)O)cc1)S(C)(=O)=O. The predicted octanol–water partition coefficient (Wildman–Crippen LogP) is 2.97. The van der Waals surface area contributed by atoms with Gasteiger partial charge in [-0.05, 0) is 42.7 Å². The lowest BCUT2D eigenvalue weighted by Crippen LogP contribution is -2.30. The molecule has 0 aliphatic rings. The van der Waals surface area contributed by atoms with Gasteiger partial charge in [-0.3, -0.25) is 4.31 Å². The van der Waals surface area contributed by atoms with E-state index in [1.54, 1.807) is 12.1 Å². The van der Waals surface area contributed by atoms with Gasteiger partial charge in [0.15, 0.2) is 0 Å². The average Bonchev–Trinajstić information content (AvgIpc) is 2.45. The summed E-state index contributed by atoms with van der Waals surface area (Å²) in [6, 6.07) is 11.8. The smallest absolute Gasteiger partial charge is 0.335 e. The van der Waals surface area contributed by atoms with Crippen LogP contribution in [0.5, 0.6) is 0 Å². The fraction of sp³-hybridized carbons (Fsp3) is 0.235. The average molecular weight is 333 g/mol. The van der Waals surface area contributed by atoms with E-state index in [0.29, 0.717) is 5.69 Å². The Morgan fingerprint density at radius 2 is 1.57 bits per heavy atom. The Morgan fingerprint density at radius 1 is 1.04 bits per heavy atom. The van der Waals surface area contributed by atoms with Crippen LogP contribution in [-0.2, 0) is 16.6 Å². The van der Waals surface area contributed by atoms with Crippen LogP contribution in [0.15, 0.2) is 42.5 Å². The summed E-state index contributed by atoms with van der Waals surface area (Å²) in [4.78, 5) is 10.9. The number of aryl methyl sites for hydroxylation is 2. The first-order chi connectivity index (χ1) is 10.7. The monoisotopic (exact) mass is 333 g/mol. The highest BCUT2D eigenvalue weighted by Gasteiger charge is 2.21. The van der Waals surface area contributed by atoms with Gasteiger partial charge >= 0.3 is 5.97 Å². The molecule has 0 spiro atoms. The van der Waals surface area contributed by atoms with E-state index >= 15 is 0 Å². The van der Waals surface area contributed by atoms with Crippen molar-refractivity contribution in [1.29, 1.82) is 0 Å². The molecule has 2 aromatic rings. The van der Waals surface area contributed by atoms with Crippen LogP contribution in [0.3, 0.4) is 0 Å². The van der Waals surface area contributed by atoms with Crippen LogP contribution in [0.1, 0.15) is 27.0 Å². The third kappa shape index (κ3) is 3.90. The molecule has 0 heterocycles. The molecule has 122 valence electrons. The van der Waals surface area contributed by atoms with Crippen LogP contribution >= 0.6 is 0 Å². The standard InChI is InChI=1S/C17H19NO4S/c1-12-5-4-6-13(2)16(12)18(23(3,21)22)11-14-7-9-15(10-8-14)17(19)20/h4-10H,11H2,1-3H3,(H,19,20). The number of nitrogens with zero attached hydrogens (tertiary/aromatic N) is 1. The lowest BCUT2D eigenvalue weighted by atomic mass is 10.1. The number of sulfonamides is 1. The van der Waals surface area contributed by atoms with Crippen molar-refractivity contribution in [3.05, 3.63) is 64.7 Å². The van der Waals surface area contributed by atoms with Gasteiger partial charge in [-0.1, -0.05) is 30.3 Å². The van der Waals surface area contributed by atoms with Gasteiger partial charge in [0.2, 0.25) is 10.0 Å². The fourth-order valence-electron chi connectivity index (χ4n) is 2.48. The molecule has 0 saturated carbocycles. The van der Waals surface area contributed by atoms with Crippen LogP contribution in [0.25, 0.3) is 0 Å². The highest BCUT2D eigenvalue weighted by Crippen LogP contribution is 2.28. The zero-order valence-corrected chi connectivity index (χ0v) is 14.1. The van der Waals surface area contributed by atoms with Crippen LogP contribution in [-0.4, -0.2) is 25.7 Å². The third-order valence-electron chi connectivity index (χ3n) is 3.62. The second kappa shape index (κ2) is 6.42. The molecule has 0 amide bonds. The predicted molar refractivity (Wildman–Crippen MR) is 90.3 cm³/mol. The van der Waals surface area contributed by atoms with Crippen molar-refractivity contribution in [3.8, 4) is 0 Å². The quantitative estimate of drug-likeness (QED) is 0.913. The third-order valence-corrected chi connectivity index (χ3v) is 4.73. The maximum Gasteiger partial charge on any atom is 0.335 e. The molecule has 5 nitrogen and oxygen atoms in total. The highest BCUT2D eigenvalue weighted by molar-refractivity contribution is 7.92. The Bertz CT molecular complexity index is 806. The van der Waals surface area contributed by atoms with Gasteiger partial charge in [-0.25, -0.2) is 13.2 Å². The highest BCUT2D eigenvalue weighted by atomic mass is 32.2. The van der Waals surface area contributed by atoms with Crippen molar-refractivity contribution in [1.82, 2.24) is 0 Å². The van der Waals surface area contributed by atoms with E-state index in [9.17, 15) is 13.2 Å². The van der Waals surface area contributed by atoms with E-state index in [0.717, 1.165) is 16.7 Å². The summed E-state index contributed by atoms with van der Waals surface area (Å²) in [6.45, 7) is 3.90. The summed E-state index contributed by atoms with van der Waals surface area (Å²) < 4.78 is 25.8. The lowest BCUT2D eigenvalue weighted by molar-refractivity contribution is 0.0697. The Balaban J connectivity index is 2.43. The molecule has 0 aromatic heterocycles. The topological polar surface area (TPSA) is 74.7 Å². The molecule has 6 heteroatoms. The number of aromatic carboxylic acids is 1. The minimum absolute atomic E-state index is 0.157. The van der Waals surface area contributed by atoms with Gasteiger partial charge in [-0.15, -0.1) is 0 Å². The molecule has 0 saturated heterocycles. The molecule has 2 rings (SSSR count). The minimum Gasteiger partial charge on any atom is -0.478 e. The number of carboxylic acid groups (broad SMARTS) is 1. The zero-order valence-electron chi connectivity index (χ0n) is 13.3. The molecular formula is C17H19NO4S. The molecule has 0 atom stereocenters. The Hall–Kier alpha value is -2.34. The van der Waals surface area contributed by atoms with Gasteiger partial charge in [-0.2, -0.15) is 0 Å². The molecule has 0 radical (unpaired) electrons. The van der Waals surface area contributed by atoms with Gasteiger partial charge in [0.05, 0.1) is 24.1 Å². The number of rotatable bonds is 5. The van der Waals surface area contributed by atoms with Crippen molar-refractivity contribution >= 4 is 21.7 Å². The van der Waals surface area contributed by atoms with Crippen molar-refractivity contribution in [2.45, 2.75) is 20.4 Å². The first-order valence-electron chi connectivity index (χ1n) is 7.06. The fourth-order valence-corrected chi connectivity index (χ4v) is 3.48. The zero-order chi connectivity index (χ0) is 17.2. The maximum atomic E-state index is 12.2. The Labute approximate surface area is 136 Å². The normalized spacial score (nSPS) is 11.3. The first-order valence-corrected chi connectivity index (χ1v) is 8.91. The van der Waals surface area contributed by atoms with Crippen LogP contribution in [0, 0.1) is 13.8 Å². The van der Waals surface area contributed by atoms with Crippen molar-refractivity contribution < 1.29 is 18.3 Å². The first kappa shape index (κ1) is 17.0. The molecule has 0 aliphatic heterocycles. The van der Waals surface area contributed by atoms with Crippen molar-refractivity contribution in [2.24, 2.45) is 0 Å². The van der Waals surface area contributed by atoms with Gasteiger partial charge in [0.25, 0.3) is 0 Å². The van der Waals surface area contributed by atoms with Gasteiger partial charge < -0.3 is 5.11 Å². The summed E-state index contributed by atoms with van der Waals surface area (Å²) in [5.74, 6) is -1.01. The van der Waals surface area contributed by atoms with Crippen molar-refractivity contribution in [2.75, 3.05) is 10.6 Å². The van der Waals surface area contributed by atoms with E-state index in [4.69, 9.17) is 5.11 Å². The molecule has 0 fully saturated rings. The van der Waals surface area contributed by atoms with E-state index in [1.165, 1.54) is 22.7 Å². The number of benzene rings is 2. The second-order valence-electron chi connectivity index (χ2n) is 5.51. The number of carboxylic acids is 1. The minimum atomic E-state index is -3.47. The summed E-state index contributed by atoms with van der Waals surface area (Å²) >= 11 is 0. The molecule has 1 N–H and O–H groups in total. The molecule has 2 aromatic carbocycles.